The first-order valence-corrected chi connectivity index (χ1v) is 7.52. The molecule has 4 rings (SSSR count). The lowest BCUT2D eigenvalue weighted by molar-refractivity contribution is 0.149. The van der Waals surface area contributed by atoms with Crippen molar-refractivity contribution < 1.29 is 9.47 Å². The van der Waals surface area contributed by atoms with Crippen LogP contribution in [-0.4, -0.2) is 34.6 Å². The fraction of sp³-hybridized carbons (Fsp3) is 0.375. The molecule has 7 nitrogen and oxygen atoms in total. The second-order valence-corrected chi connectivity index (χ2v) is 5.95. The number of methoxy groups -OCH3 is 1. The largest absolute Gasteiger partial charge is 0.497 e. The average Bonchev–Trinajstić information content (AvgIpc) is 3.09. The molecule has 0 spiro atoms. The summed E-state index contributed by atoms with van der Waals surface area (Å²) in [5.41, 5.74) is 1.73. The predicted molar refractivity (Wildman–Crippen MR) is 82.9 cm³/mol. The highest BCUT2D eigenvalue weighted by molar-refractivity contribution is 5.43. The highest BCUT2D eigenvalue weighted by atomic mass is 16.5. The van der Waals surface area contributed by atoms with Gasteiger partial charge < -0.3 is 14.5 Å². The van der Waals surface area contributed by atoms with E-state index in [1.165, 1.54) is 0 Å². The zero-order valence-corrected chi connectivity index (χ0v) is 12.7. The van der Waals surface area contributed by atoms with Crippen LogP contribution in [-0.2, 0) is 19.5 Å². The molecule has 0 aliphatic carbocycles. The van der Waals surface area contributed by atoms with Gasteiger partial charge in [0.25, 0.3) is 5.56 Å². The van der Waals surface area contributed by atoms with Crippen molar-refractivity contribution in [2.45, 2.75) is 25.6 Å². The van der Waals surface area contributed by atoms with Gasteiger partial charge in [0, 0.05) is 37.3 Å². The van der Waals surface area contributed by atoms with E-state index in [4.69, 9.17) is 9.47 Å². The van der Waals surface area contributed by atoms with Gasteiger partial charge in [-0.3, -0.25) is 14.7 Å². The Morgan fingerprint density at radius 2 is 2.17 bits per heavy atom. The molecule has 120 valence electrons. The van der Waals surface area contributed by atoms with E-state index in [-0.39, 0.29) is 11.7 Å². The minimum atomic E-state index is -0.452. The van der Waals surface area contributed by atoms with Crippen LogP contribution in [0.15, 0.2) is 27.8 Å². The third-order valence-electron chi connectivity index (χ3n) is 4.36. The lowest BCUT2D eigenvalue weighted by Gasteiger charge is -2.19. The molecule has 0 radical (unpaired) electrons. The van der Waals surface area contributed by atoms with Gasteiger partial charge in [-0.15, -0.1) is 0 Å². The summed E-state index contributed by atoms with van der Waals surface area (Å²) in [5.74, 6) is 1.71. The number of ether oxygens (including phenoxy) is 2. The SMILES string of the molecule is COc1ccc2c(c1)CC(CN1Cc3[nH]c(=O)[nH]c(=O)c3C1)O2. The van der Waals surface area contributed by atoms with E-state index in [0.717, 1.165) is 23.5 Å². The number of H-pyrrole nitrogens is 2. The van der Waals surface area contributed by atoms with Crippen molar-refractivity contribution in [1.82, 2.24) is 14.9 Å². The van der Waals surface area contributed by atoms with E-state index in [0.29, 0.717) is 30.9 Å². The molecule has 0 amide bonds. The summed E-state index contributed by atoms with van der Waals surface area (Å²) in [6.45, 7) is 1.79. The van der Waals surface area contributed by atoms with Crippen molar-refractivity contribution in [2.75, 3.05) is 13.7 Å². The molecule has 3 heterocycles. The average molecular weight is 315 g/mol. The number of aromatic nitrogens is 2. The van der Waals surface area contributed by atoms with E-state index in [1.807, 2.05) is 18.2 Å². The van der Waals surface area contributed by atoms with Crippen molar-refractivity contribution >= 4 is 0 Å². The lowest BCUT2D eigenvalue weighted by atomic mass is 10.1. The van der Waals surface area contributed by atoms with E-state index >= 15 is 0 Å². The fourth-order valence-electron chi connectivity index (χ4n) is 3.31. The Labute approximate surface area is 131 Å². The first-order valence-electron chi connectivity index (χ1n) is 7.52. The van der Waals surface area contributed by atoms with Crippen molar-refractivity contribution in [3.63, 3.8) is 0 Å². The van der Waals surface area contributed by atoms with Gasteiger partial charge in [-0.05, 0) is 18.2 Å². The quantitative estimate of drug-likeness (QED) is 0.855. The predicted octanol–water partition coefficient (Wildman–Crippen LogP) is 0.391. The van der Waals surface area contributed by atoms with Crippen LogP contribution >= 0.6 is 0 Å². The van der Waals surface area contributed by atoms with Crippen LogP contribution in [0, 0.1) is 0 Å². The second kappa shape index (κ2) is 5.27. The van der Waals surface area contributed by atoms with Gasteiger partial charge >= 0.3 is 5.69 Å². The molecule has 2 aliphatic heterocycles. The summed E-state index contributed by atoms with van der Waals surface area (Å²) in [7, 11) is 1.65. The van der Waals surface area contributed by atoms with Crippen molar-refractivity contribution in [1.29, 1.82) is 0 Å². The van der Waals surface area contributed by atoms with E-state index in [9.17, 15) is 9.59 Å². The molecule has 0 saturated carbocycles. The number of rotatable bonds is 3. The Morgan fingerprint density at radius 1 is 1.30 bits per heavy atom. The van der Waals surface area contributed by atoms with Crippen LogP contribution in [0.3, 0.4) is 0 Å². The number of nitrogens with one attached hydrogen (secondary N) is 2. The number of aromatic amines is 2. The minimum absolute atomic E-state index is 0.0391. The fourth-order valence-corrected chi connectivity index (χ4v) is 3.31. The molecular weight excluding hydrogens is 298 g/mol. The lowest BCUT2D eigenvalue weighted by Crippen LogP contribution is -2.31. The van der Waals surface area contributed by atoms with Crippen molar-refractivity contribution in [3.05, 3.63) is 55.9 Å². The number of benzene rings is 1. The summed E-state index contributed by atoms with van der Waals surface area (Å²) in [6, 6.07) is 5.81. The molecule has 23 heavy (non-hydrogen) atoms. The van der Waals surface area contributed by atoms with Crippen molar-refractivity contribution in [2.24, 2.45) is 0 Å². The molecule has 0 bridgehead atoms. The first-order chi connectivity index (χ1) is 11.1. The number of fused-ring (bicyclic) bond motifs is 2. The Bertz CT molecular complexity index is 870. The summed E-state index contributed by atoms with van der Waals surface area (Å²) < 4.78 is 11.2. The summed E-state index contributed by atoms with van der Waals surface area (Å²) in [4.78, 5) is 30.3. The van der Waals surface area contributed by atoms with Crippen LogP contribution in [0.25, 0.3) is 0 Å². The summed E-state index contributed by atoms with van der Waals surface area (Å²) in [5, 5.41) is 0. The molecule has 7 heteroatoms. The second-order valence-electron chi connectivity index (χ2n) is 5.95. The zero-order valence-electron chi connectivity index (χ0n) is 12.7. The van der Waals surface area contributed by atoms with Crippen LogP contribution < -0.4 is 20.7 Å². The molecule has 2 N–H and O–H groups in total. The third kappa shape index (κ3) is 2.53. The summed E-state index contributed by atoms with van der Waals surface area (Å²) in [6.07, 6.45) is 0.851. The van der Waals surface area contributed by atoms with Crippen LogP contribution in [0.5, 0.6) is 11.5 Å². The van der Waals surface area contributed by atoms with Gasteiger partial charge in [0.2, 0.25) is 0 Å². The van der Waals surface area contributed by atoms with Gasteiger partial charge in [0.05, 0.1) is 12.7 Å². The number of hydrogen-bond acceptors (Lipinski definition) is 5. The van der Waals surface area contributed by atoms with Crippen LogP contribution in [0.2, 0.25) is 0 Å². The standard InChI is InChI=1S/C16H17N3O4/c1-22-10-2-3-14-9(4-10)5-11(23-14)6-19-7-12-13(8-19)17-16(21)18-15(12)20/h2-4,11H,5-8H2,1H3,(H2,17,18,20,21). The van der Waals surface area contributed by atoms with Gasteiger partial charge in [-0.2, -0.15) is 0 Å². The maximum Gasteiger partial charge on any atom is 0.325 e. The summed E-state index contributed by atoms with van der Waals surface area (Å²) >= 11 is 0. The molecule has 1 atom stereocenters. The van der Waals surface area contributed by atoms with Gasteiger partial charge in [0.15, 0.2) is 0 Å². The number of hydrogen-bond donors (Lipinski definition) is 2. The normalized spacial score (nSPS) is 19.3. The highest BCUT2D eigenvalue weighted by Gasteiger charge is 2.29. The molecule has 1 aromatic carbocycles. The molecule has 2 aliphatic rings. The minimum Gasteiger partial charge on any atom is -0.497 e. The monoisotopic (exact) mass is 315 g/mol. The van der Waals surface area contributed by atoms with Gasteiger partial charge in [-0.25, -0.2) is 4.79 Å². The topological polar surface area (TPSA) is 87.4 Å². The first kappa shape index (κ1) is 14.1. The molecule has 0 fully saturated rings. The zero-order chi connectivity index (χ0) is 16.0. The highest BCUT2D eigenvalue weighted by Crippen LogP contribution is 2.32. The molecule has 1 aromatic heterocycles. The van der Waals surface area contributed by atoms with Crippen LogP contribution in [0.1, 0.15) is 16.8 Å². The Kier molecular flexibility index (Phi) is 3.23. The van der Waals surface area contributed by atoms with E-state index < -0.39 is 5.69 Å². The van der Waals surface area contributed by atoms with Gasteiger partial charge in [0.1, 0.15) is 17.6 Å². The molecule has 1 unspecified atom stereocenters. The Balaban J connectivity index is 1.46. The molecule has 2 aromatic rings. The Morgan fingerprint density at radius 3 is 3.00 bits per heavy atom. The smallest absolute Gasteiger partial charge is 0.325 e. The maximum absolute atomic E-state index is 11.8. The molecule has 0 saturated heterocycles. The van der Waals surface area contributed by atoms with E-state index in [1.54, 1.807) is 7.11 Å². The van der Waals surface area contributed by atoms with Crippen LogP contribution in [0.4, 0.5) is 0 Å². The van der Waals surface area contributed by atoms with Crippen molar-refractivity contribution in [3.8, 4) is 11.5 Å². The van der Waals surface area contributed by atoms with Gasteiger partial charge in [-0.1, -0.05) is 0 Å². The maximum atomic E-state index is 11.8. The number of nitrogens with zero attached hydrogens (tertiary/aromatic N) is 1. The Hall–Kier alpha value is -2.54. The van der Waals surface area contributed by atoms with E-state index in [2.05, 4.69) is 14.9 Å². The molecular formula is C16H17N3O4. The third-order valence-corrected chi connectivity index (χ3v) is 4.36.